The SMILES string of the molecule is COc1cc(Br)ccc1C(=O)C1=CCCCC1. The molecule has 0 radical (unpaired) electrons. The molecular weight excluding hydrogens is 280 g/mol. The van der Waals surface area contributed by atoms with E-state index in [9.17, 15) is 4.79 Å². The predicted molar refractivity (Wildman–Crippen MR) is 71.6 cm³/mol. The number of carbonyl (C=O) groups is 1. The molecule has 0 atom stereocenters. The maximum absolute atomic E-state index is 12.3. The summed E-state index contributed by atoms with van der Waals surface area (Å²) in [6.07, 6.45) is 6.26. The van der Waals surface area contributed by atoms with Crippen LogP contribution in [0.1, 0.15) is 36.0 Å². The van der Waals surface area contributed by atoms with Crippen molar-refractivity contribution in [1.82, 2.24) is 0 Å². The molecule has 0 heterocycles. The third kappa shape index (κ3) is 2.78. The summed E-state index contributed by atoms with van der Waals surface area (Å²) in [5, 5.41) is 0. The van der Waals surface area contributed by atoms with Crippen LogP contribution in [0, 0.1) is 0 Å². The summed E-state index contributed by atoms with van der Waals surface area (Å²) < 4.78 is 6.18. The highest BCUT2D eigenvalue weighted by Gasteiger charge is 2.18. The molecule has 0 unspecified atom stereocenters. The summed E-state index contributed by atoms with van der Waals surface area (Å²) in [7, 11) is 1.59. The first-order valence-electron chi connectivity index (χ1n) is 5.79. The van der Waals surface area contributed by atoms with Crippen LogP contribution in [0.4, 0.5) is 0 Å². The van der Waals surface area contributed by atoms with Crippen molar-refractivity contribution in [2.45, 2.75) is 25.7 Å². The number of ketones is 1. The maximum atomic E-state index is 12.3. The summed E-state index contributed by atoms with van der Waals surface area (Å²) in [5.74, 6) is 0.741. The number of allylic oxidation sites excluding steroid dienone is 2. The van der Waals surface area contributed by atoms with Gasteiger partial charge in [0, 0.05) is 4.47 Å². The Hall–Kier alpha value is -1.09. The number of ether oxygens (including phenoxy) is 1. The summed E-state index contributed by atoms with van der Waals surface area (Å²) in [6, 6.07) is 5.52. The van der Waals surface area contributed by atoms with Crippen LogP contribution in [0.3, 0.4) is 0 Å². The molecule has 1 aromatic rings. The molecule has 3 heteroatoms. The third-order valence-electron chi connectivity index (χ3n) is 2.99. The van der Waals surface area contributed by atoms with Crippen LogP contribution in [-0.2, 0) is 0 Å². The Kier molecular flexibility index (Phi) is 4.00. The lowest BCUT2D eigenvalue weighted by Gasteiger charge is -2.13. The smallest absolute Gasteiger partial charge is 0.192 e. The van der Waals surface area contributed by atoms with Gasteiger partial charge in [-0.2, -0.15) is 0 Å². The van der Waals surface area contributed by atoms with E-state index in [0.717, 1.165) is 29.3 Å². The van der Waals surface area contributed by atoms with Crippen LogP contribution in [0.2, 0.25) is 0 Å². The second-order valence-electron chi connectivity index (χ2n) is 4.15. The van der Waals surface area contributed by atoms with Crippen molar-refractivity contribution in [2.24, 2.45) is 0 Å². The minimum atomic E-state index is 0.106. The second kappa shape index (κ2) is 5.50. The number of hydrogen-bond donors (Lipinski definition) is 0. The monoisotopic (exact) mass is 294 g/mol. The van der Waals surface area contributed by atoms with E-state index < -0.39 is 0 Å². The van der Waals surface area contributed by atoms with Crippen molar-refractivity contribution in [2.75, 3.05) is 7.11 Å². The normalized spacial score (nSPS) is 15.3. The van der Waals surface area contributed by atoms with Gasteiger partial charge in [0.15, 0.2) is 5.78 Å². The number of Topliss-reactive ketones (excluding diaryl/α,β-unsaturated/α-hetero) is 1. The first kappa shape index (κ1) is 12.4. The Morgan fingerprint density at radius 2 is 2.18 bits per heavy atom. The van der Waals surface area contributed by atoms with Gasteiger partial charge in [0.05, 0.1) is 12.7 Å². The van der Waals surface area contributed by atoms with E-state index in [2.05, 4.69) is 22.0 Å². The minimum absolute atomic E-state index is 0.106. The van der Waals surface area contributed by atoms with Gasteiger partial charge in [-0.05, 0) is 49.5 Å². The van der Waals surface area contributed by atoms with Crippen molar-refractivity contribution in [3.63, 3.8) is 0 Å². The standard InChI is InChI=1S/C14H15BrO2/c1-17-13-9-11(15)7-8-12(13)14(16)10-5-3-2-4-6-10/h5,7-9H,2-4,6H2,1H3. The number of rotatable bonds is 3. The van der Waals surface area contributed by atoms with Gasteiger partial charge < -0.3 is 4.74 Å². The van der Waals surface area contributed by atoms with Gasteiger partial charge in [0.1, 0.15) is 5.75 Å². The lowest BCUT2D eigenvalue weighted by Crippen LogP contribution is -2.08. The van der Waals surface area contributed by atoms with Crippen molar-refractivity contribution in [3.05, 3.63) is 39.9 Å². The van der Waals surface area contributed by atoms with Gasteiger partial charge in [0.2, 0.25) is 0 Å². The molecule has 2 rings (SSSR count). The quantitative estimate of drug-likeness (QED) is 0.783. The summed E-state index contributed by atoms with van der Waals surface area (Å²) in [5.41, 5.74) is 1.58. The number of methoxy groups -OCH3 is 1. The van der Waals surface area contributed by atoms with Gasteiger partial charge in [-0.1, -0.05) is 22.0 Å². The fraction of sp³-hybridized carbons (Fsp3) is 0.357. The Balaban J connectivity index is 2.33. The van der Waals surface area contributed by atoms with Crippen molar-refractivity contribution >= 4 is 21.7 Å². The Morgan fingerprint density at radius 3 is 2.82 bits per heavy atom. The molecule has 1 aliphatic rings. The lowest BCUT2D eigenvalue weighted by atomic mass is 9.93. The average Bonchev–Trinajstić information content (AvgIpc) is 2.39. The van der Waals surface area contributed by atoms with Crippen LogP contribution in [0.5, 0.6) is 5.75 Å². The molecule has 0 fully saturated rings. The first-order chi connectivity index (χ1) is 8.22. The maximum Gasteiger partial charge on any atom is 0.192 e. The fourth-order valence-electron chi connectivity index (χ4n) is 2.07. The molecule has 1 aliphatic carbocycles. The Bertz CT molecular complexity index is 463. The van der Waals surface area contributed by atoms with Gasteiger partial charge in [0.25, 0.3) is 0 Å². The van der Waals surface area contributed by atoms with Gasteiger partial charge >= 0.3 is 0 Å². The van der Waals surface area contributed by atoms with E-state index in [1.54, 1.807) is 7.11 Å². The third-order valence-corrected chi connectivity index (χ3v) is 3.48. The molecule has 17 heavy (non-hydrogen) atoms. The highest BCUT2D eigenvalue weighted by atomic mass is 79.9. The second-order valence-corrected chi connectivity index (χ2v) is 5.06. The molecular formula is C14H15BrO2. The Morgan fingerprint density at radius 1 is 1.35 bits per heavy atom. The van der Waals surface area contributed by atoms with E-state index in [0.29, 0.717) is 11.3 Å². The predicted octanol–water partition coefficient (Wildman–Crippen LogP) is 4.14. The zero-order valence-corrected chi connectivity index (χ0v) is 11.4. The molecule has 1 aromatic carbocycles. The van der Waals surface area contributed by atoms with Crippen LogP contribution in [-0.4, -0.2) is 12.9 Å². The van der Waals surface area contributed by atoms with Gasteiger partial charge in [-0.3, -0.25) is 4.79 Å². The van der Waals surface area contributed by atoms with E-state index in [1.807, 2.05) is 18.2 Å². The van der Waals surface area contributed by atoms with E-state index >= 15 is 0 Å². The van der Waals surface area contributed by atoms with E-state index in [-0.39, 0.29) is 5.78 Å². The Labute approximate surface area is 110 Å². The molecule has 0 N–H and O–H groups in total. The minimum Gasteiger partial charge on any atom is -0.496 e. The topological polar surface area (TPSA) is 26.3 Å². The molecule has 0 aliphatic heterocycles. The fourth-order valence-corrected chi connectivity index (χ4v) is 2.41. The van der Waals surface area contributed by atoms with Crippen LogP contribution < -0.4 is 4.74 Å². The molecule has 0 amide bonds. The molecule has 2 nitrogen and oxygen atoms in total. The van der Waals surface area contributed by atoms with Crippen LogP contribution >= 0.6 is 15.9 Å². The molecule has 90 valence electrons. The zero-order chi connectivity index (χ0) is 12.3. The largest absolute Gasteiger partial charge is 0.496 e. The van der Waals surface area contributed by atoms with E-state index in [4.69, 9.17) is 4.74 Å². The molecule has 0 aromatic heterocycles. The van der Waals surface area contributed by atoms with Crippen LogP contribution in [0.25, 0.3) is 0 Å². The van der Waals surface area contributed by atoms with Crippen molar-refractivity contribution in [1.29, 1.82) is 0 Å². The highest BCUT2D eigenvalue weighted by molar-refractivity contribution is 9.10. The lowest BCUT2D eigenvalue weighted by molar-refractivity contribution is 0.102. The molecule has 0 saturated heterocycles. The highest BCUT2D eigenvalue weighted by Crippen LogP contribution is 2.28. The van der Waals surface area contributed by atoms with Crippen molar-refractivity contribution in [3.8, 4) is 5.75 Å². The van der Waals surface area contributed by atoms with Crippen molar-refractivity contribution < 1.29 is 9.53 Å². The summed E-state index contributed by atoms with van der Waals surface area (Å²) in [6.45, 7) is 0. The summed E-state index contributed by atoms with van der Waals surface area (Å²) in [4.78, 5) is 12.3. The molecule has 0 saturated carbocycles. The first-order valence-corrected chi connectivity index (χ1v) is 6.59. The van der Waals surface area contributed by atoms with Gasteiger partial charge in [-0.15, -0.1) is 0 Å². The zero-order valence-electron chi connectivity index (χ0n) is 9.83. The average molecular weight is 295 g/mol. The number of benzene rings is 1. The van der Waals surface area contributed by atoms with Crippen LogP contribution in [0.15, 0.2) is 34.3 Å². The van der Waals surface area contributed by atoms with Gasteiger partial charge in [-0.25, -0.2) is 0 Å². The molecule has 0 bridgehead atoms. The summed E-state index contributed by atoms with van der Waals surface area (Å²) >= 11 is 3.38. The molecule has 0 spiro atoms. The number of halogens is 1. The number of carbonyl (C=O) groups excluding carboxylic acids is 1. The number of hydrogen-bond acceptors (Lipinski definition) is 2. The van der Waals surface area contributed by atoms with E-state index in [1.165, 1.54) is 6.42 Å².